The maximum atomic E-state index is 6.23. The van der Waals surface area contributed by atoms with Gasteiger partial charge in [-0.05, 0) is 74.2 Å². The van der Waals surface area contributed by atoms with E-state index in [2.05, 4.69) is 50.2 Å². The SMILES string of the molecule is CCCCCCCc1ccc(-c2nc3c(ccc4c3ccc3oc(-c5ccc(CCCCCCC)s5)nc34)o2)s1. The molecule has 0 aliphatic carbocycles. The van der Waals surface area contributed by atoms with E-state index in [0.29, 0.717) is 11.8 Å². The van der Waals surface area contributed by atoms with Gasteiger partial charge in [-0.25, -0.2) is 9.97 Å². The molecule has 0 spiro atoms. The Labute approximate surface area is 244 Å². The predicted molar refractivity (Wildman–Crippen MR) is 171 cm³/mol. The highest BCUT2D eigenvalue weighted by Gasteiger charge is 2.17. The van der Waals surface area contributed by atoms with Gasteiger partial charge in [0.2, 0.25) is 11.8 Å². The van der Waals surface area contributed by atoms with Gasteiger partial charge < -0.3 is 8.83 Å². The zero-order valence-corrected chi connectivity index (χ0v) is 25.3. The Kier molecular flexibility index (Phi) is 8.64. The fourth-order valence-corrected chi connectivity index (χ4v) is 7.41. The van der Waals surface area contributed by atoms with E-state index >= 15 is 0 Å². The van der Waals surface area contributed by atoms with E-state index in [-0.39, 0.29) is 0 Å². The minimum absolute atomic E-state index is 0.700. The standard InChI is InChI=1S/C34H38N2O2S2/c1-3-5-7-9-11-13-23-15-21-29(39-23)33-35-31-25-18-20-28-32(26(25)17-19-27(31)37-33)36-34(38-28)30-22-16-24(40-30)14-12-10-8-6-4-2/h15-22H,3-14H2,1-2H3. The minimum Gasteiger partial charge on any atom is -0.435 e. The number of oxazole rings is 2. The Morgan fingerprint density at radius 2 is 0.975 bits per heavy atom. The number of hydrogen-bond donors (Lipinski definition) is 0. The Bertz CT molecular complexity index is 1580. The number of benzene rings is 2. The highest BCUT2D eigenvalue weighted by atomic mass is 32.1. The summed E-state index contributed by atoms with van der Waals surface area (Å²) < 4.78 is 12.5. The van der Waals surface area contributed by atoms with Crippen LogP contribution in [0.2, 0.25) is 0 Å². The first-order valence-electron chi connectivity index (χ1n) is 15.0. The van der Waals surface area contributed by atoms with Gasteiger partial charge in [0, 0.05) is 20.5 Å². The third-order valence-corrected chi connectivity index (χ3v) is 9.97. The number of rotatable bonds is 14. The zero-order valence-electron chi connectivity index (χ0n) is 23.6. The van der Waals surface area contributed by atoms with E-state index in [4.69, 9.17) is 18.8 Å². The summed E-state index contributed by atoms with van der Waals surface area (Å²) in [6, 6.07) is 17.0. The molecule has 0 radical (unpaired) electrons. The van der Waals surface area contributed by atoms with Gasteiger partial charge in [0.15, 0.2) is 11.2 Å². The Morgan fingerprint density at radius 3 is 1.43 bits per heavy atom. The third-order valence-electron chi connectivity index (χ3n) is 7.71. The molecule has 2 aromatic carbocycles. The molecule has 40 heavy (non-hydrogen) atoms. The average molecular weight is 571 g/mol. The molecule has 0 fully saturated rings. The third kappa shape index (κ3) is 5.89. The molecular weight excluding hydrogens is 533 g/mol. The fraction of sp³-hybridized carbons (Fsp3) is 0.412. The van der Waals surface area contributed by atoms with Crippen LogP contribution in [0, 0.1) is 0 Å². The lowest BCUT2D eigenvalue weighted by atomic mass is 10.1. The second-order valence-electron chi connectivity index (χ2n) is 10.8. The highest BCUT2D eigenvalue weighted by molar-refractivity contribution is 7.15. The van der Waals surface area contributed by atoms with Crippen molar-refractivity contribution < 1.29 is 8.83 Å². The lowest BCUT2D eigenvalue weighted by Gasteiger charge is -1.97. The molecule has 0 unspecified atom stereocenters. The maximum Gasteiger partial charge on any atom is 0.237 e. The van der Waals surface area contributed by atoms with Crippen LogP contribution in [0.1, 0.15) is 87.8 Å². The van der Waals surface area contributed by atoms with E-state index in [9.17, 15) is 0 Å². The summed E-state index contributed by atoms with van der Waals surface area (Å²) in [6.07, 6.45) is 15.3. The molecule has 208 valence electrons. The van der Waals surface area contributed by atoms with E-state index in [1.165, 1.54) is 74.0 Å². The van der Waals surface area contributed by atoms with E-state index in [1.807, 2.05) is 12.1 Å². The van der Waals surface area contributed by atoms with Crippen molar-refractivity contribution in [1.29, 1.82) is 0 Å². The first kappa shape index (κ1) is 27.2. The summed E-state index contributed by atoms with van der Waals surface area (Å²) in [7, 11) is 0. The van der Waals surface area contributed by atoms with Crippen molar-refractivity contribution in [3.8, 4) is 21.5 Å². The molecule has 6 rings (SSSR count). The van der Waals surface area contributed by atoms with E-state index in [0.717, 1.165) is 55.6 Å². The average Bonchev–Trinajstić information content (AvgIpc) is 3.77. The second-order valence-corrected chi connectivity index (χ2v) is 13.2. The van der Waals surface area contributed by atoms with Gasteiger partial charge >= 0.3 is 0 Å². The van der Waals surface area contributed by atoms with Crippen LogP contribution in [0.3, 0.4) is 0 Å². The number of hydrogen-bond acceptors (Lipinski definition) is 6. The van der Waals surface area contributed by atoms with Crippen LogP contribution < -0.4 is 0 Å². The van der Waals surface area contributed by atoms with E-state index in [1.54, 1.807) is 22.7 Å². The first-order chi connectivity index (χ1) is 19.7. The molecule has 0 N–H and O–H groups in total. The number of thiophene rings is 2. The van der Waals surface area contributed by atoms with Gasteiger partial charge in [0.1, 0.15) is 11.0 Å². The first-order valence-corrected chi connectivity index (χ1v) is 16.7. The summed E-state index contributed by atoms with van der Waals surface area (Å²) in [6.45, 7) is 4.52. The number of unbranched alkanes of at least 4 members (excludes halogenated alkanes) is 8. The van der Waals surface area contributed by atoms with Gasteiger partial charge in [0.05, 0.1) is 9.75 Å². The quantitative estimate of drug-likeness (QED) is 0.122. The normalized spacial score (nSPS) is 11.9. The molecular formula is C34H38N2O2S2. The molecule has 0 aliphatic rings. The van der Waals surface area contributed by atoms with Crippen molar-refractivity contribution in [2.45, 2.75) is 90.9 Å². The van der Waals surface area contributed by atoms with Crippen LogP contribution in [0.15, 0.2) is 57.4 Å². The Hall–Kier alpha value is -2.96. The van der Waals surface area contributed by atoms with Gasteiger partial charge in [0.25, 0.3) is 0 Å². The van der Waals surface area contributed by atoms with Crippen molar-refractivity contribution in [2.75, 3.05) is 0 Å². The molecule has 6 aromatic rings. The van der Waals surface area contributed by atoms with Gasteiger partial charge in [-0.1, -0.05) is 65.2 Å². The molecule has 4 nitrogen and oxygen atoms in total. The molecule has 6 heteroatoms. The van der Waals surface area contributed by atoms with Crippen molar-refractivity contribution in [1.82, 2.24) is 9.97 Å². The van der Waals surface area contributed by atoms with Crippen LogP contribution in [0.25, 0.3) is 54.5 Å². The van der Waals surface area contributed by atoms with Crippen molar-refractivity contribution >= 4 is 55.6 Å². The second kappa shape index (κ2) is 12.7. The highest BCUT2D eigenvalue weighted by Crippen LogP contribution is 2.37. The fourth-order valence-electron chi connectivity index (χ4n) is 5.46. The lowest BCUT2D eigenvalue weighted by molar-refractivity contribution is 0.621. The van der Waals surface area contributed by atoms with Crippen molar-refractivity contribution in [3.63, 3.8) is 0 Å². The van der Waals surface area contributed by atoms with Crippen molar-refractivity contribution in [3.05, 3.63) is 58.3 Å². The molecule has 0 atom stereocenters. The van der Waals surface area contributed by atoms with E-state index < -0.39 is 0 Å². The molecule has 0 amide bonds. The summed E-state index contributed by atoms with van der Waals surface area (Å²) >= 11 is 3.60. The predicted octanol–water partition coefficient (Wildman–Crippen LogP) is 11.6. The number of aryl methyl sites for hydroxylation is 2. The van der Waals surface area contributed by atoms with Gasteiger partial charge in [-0.2, -0.15) is 0 Å². The number of aromatic nitrogens is 2. The molecule has 0 saturated carbocycles. The van der Waals surface area contributed by atoms with Crippen LogP contribution in [0.5, 0.6) is 0 Å². The molecule has 4 heterocycles. The van der Waals surface area contributed by atoms with Crippen LogP contribution in [-0.2, 0) is 12.8 Å². The van der Waals surface area contributed by atoms with Crippen molar-refractivity contribution in [2.24, 2.45) is 0 Å². The Morgan fingerprint density at radius 1 is 0.525 bits per heavy atom. The topological polar surface area (TPSA) is 52.1 Å². The monoisotopic (exact) mass is 570 g/mol. The molecule has 4 aromatic heterocycles. The molecule has 0 bridgehead atoms. The minimum atomic E-state index is 0.700. The Balaban J connectivity index is 1.22. The van der Waals surface area contributed by atoms with Gasteiger partial charge in [-0.15, -0.1) is 22.7 Å². The summed E-state index contributed by atoms with van der Waals surface area (Å²) in [5, 5.41) is 2.10. The van der Waals surface area contributed by atoms with Crippen LogP contribution >= 0.6 is 22.7 Å². The van der Waals surface area contributed by atoms with Crippen LogP contribution in [-0.4, -0.2) is 9.97 Å². The summed E-state index contributed by atoms with van der Waals surface area (Å²) in [4.78, 5) is 14.9. The van der Waals surface area contributed by atoms with Gasteiger partial charge in [-0.3, -0.25) is 0 Å². The number of nitrogens with zero attached hydrogens (tertiary/aromatic N) is 2. The zero-order chi connectivity index (χ0) is 27.3. The number of fused-ring (bicyclic) bond motifs is 5. The molecule has 0 aliphatic heterocycles. The largest absolute Gasteiger partial charge is 0.435 e. The lowest BCUT2D eigenvalue weighted by Crippen LogP contribution is -1.81. The van der Waals surface area contributed by atoms with Crippen LogP contribution in [0.4, 0.5) is 0 Å². The smallest absolute Gasteiger partial charge is 0.237 e. The summed E-state index contributed by atoms with van der Waals surface area (Å²) in [5.41, 5.74) is 3.38. The molecule has 0 saturated heterocycles. The summed E-state index contributed by atoms with van der Waals surface area (Å²) in [5.74, 6) is 1.40. The maximum absolute atomic E-state index is 6.23.